The Morgan fingerprint density at radius 2 is 0.885 bits per heavy atom. The number of hydrogen-bond acceptors (Lipinski definition) is 1. The number of alkyl halides is 15. The zero-order chi connectivity index (χ0) is 21.6. The molecular weight excluding hydrogens is 421 g/mol. The smallest absolute Gasteiger partial charge is 0.396 e. The molecule has 157 valence electrons. The highest BCUT2D eigenvalue weighted by Gasteiger charge is 2.95. The SMILES string of the molecule is OC[CH]CC(F)(F)C(F)(F)C(F)(F)C(F)(F)C(F)(C(F)(F)F)C(F)(F)F. The van der Waals surface area contributed by atoms with E-state index in [1.165, 1.54) is 0 Å². The van der Waals surface area contributed by atoms with Crippen molar-refractivity contribution in [2.45, 2.75) is 48.1 Å². The summed E-state index contributed by atoms with van der Waals surface area (Å²) in [6.07, 6.45) is -18.8. The Morgan fingerprint density at radius 1 is 0.538 bits per heavy atom. The predicted molar refractivity (Wildman–Crippen MR) is 51.7 cm³/mol. The van der Waals surface area contributed by atoms with Crippen molar-refractivity contribution in [3.63, 3.8) is 0 Å². The van der Waals surface area contributed by atoms with Crippen molar-refractivity contribution in [1.82, 2.24) is 0 Å². The van der Waals surface area contributed by atoms with Crippen LogP contribution in [0.25, 0.3) is 0 Å². The van der Waals surface area contributed by atoms with Gasteiger partial charge in [-0.3, -0.25) is 0 Å². The first-order chi connectivity index (χ1) is 11.1. The van der Waals surface area contributed by atoms with Crippen LogP contribution >= 0.6 is 0 Å². The Labute approximate surface area is 133 Å². The standard InChI is InChI=1S/C10H6F15O/c11-4(12,2-1-3-26)6(14,15)8(18,19)7(16,17)5(13,9(20,21)22)10(23,24)25/h1,26H,2-3H2. The van der Waals surface area contributed by atoms with Gasteiger partial charge in [-0.05, 0) is 6.42 Å². The van der Waals surface area contributed by atoms with Gasteiger partial charge in [-0.2, -0.15) is 61.5 Å². The van der Waals surface area contributed by atoms with Crippen molar-refractivity contribution in [3.05, 3.63) is 6.42 Å². The third-order valence-electron chi connectivity index (χ3n) is 2.99. The van der Waals surface area contributed by atoms with Gasteiger partial charge in [0.15, 0.2) is 0 Å². The van der Waals surface area contributed by atoms with Gasteiger partial charge in [0.05, 0.1) is 0 Å². The summed E-state index contributed by atoms with van der Waals surface area (Å²) in [5, 5.41) is 8.07. The fourth-order valence-corrected chi connectivity index (χ4v) is 1.53. The first kappa shape index (κ1) is 24.9. The highest BCUT2D eigenvalue weighted by molar-refractivity contribution is 5.16. The quantitative estimate of drug-likeness (QED) is 0.571. The van der Waals surface area contributed by atoms with Crippen LogP contribution in [0.5, 0.6) is 0 Å². The van der Waals surface area contributed by atoms with Crippen LogP contribution in [0.1, 0.15) is 6.42 Å². The maximum absolute atomic E-state index is 13.2. The van der Waals surface area contributed by atoms with E-state index in [4.69, 9.17) is 5.11 Å². The van der Waals surface area contributed by atoms with E-state index in [0.29, 0.717) is 0 Å². The number of hydrogen-bond donors (Lipinski definition) is 1. The number of rotatable bonds is 7. The van der Waals surface area contributed by atoms with Crippen LogP contribution < -0.4 is 0 Å². The zero-order valence-electron chi connectivity index (χ0n) is 11.6. The molecule has 0 aliphatic carbocycles. The Hall–Kier alpha value is -1.09. The molecule has 0 aliphatic rings. The monoisotopic (exact) mass is 427 g/mol. The minimum Gasteiger partial charge on any atom is -0.396 e. The normalized spacial score (nSPS) is 16.2. The molecule has 0 aliphatic heterocycles. The lowest BCUT2D eigenvalue weighted by atomic mass is 9.85. The van der Waals surface area contributed by atoms with Crippen molar-refractivity contribution in [1.29, 1.82) is 0 Å². The molecule has 0 aromatic carbocycles. The van der Waals surface area contributed by atoms with Gasteiger partial charge < -0.3 is 5.11 Å². The summed E-state index contributed by atoms with van der Waals surface area (Å²) in [4.78, 5) is 0. The van der Waals surface area contributed by atoms with Crippen molar-refractivity contribution >= 4 is 0 Å². The molecular formula is C10H6F15O. The summed E-state index contributed by atoms with van der Waals surface area (Å²) in [5.74, 6) is -30.5. The molecule has 0 saturated carbocycles. The average Bonchev–Trinajstić information content (AvgIpc) is 2.40. The summed E-state index contributed by atoms with van der Waals surface area (Å²) in [6, 6.07) is 0. The minimum absolute atomic E-state index is 0.321. The van der Waals surface area contributed by atoms with Crippen LogP contribution in [0.2, 0.25) is 0 Å². The van der Waals surface area contributed by atoms with Crippen molar-refractivity contribution in [2.24, 2.45) is 0 Å². The molecule has 0 spiro atoms. The Bertz CT molecular complexity index is 474. The van der Waals surface area contributed by atoms with E-state index < -0.39 is 54.7 Å². The average molecular weight is 427 g/mol. The van der Waals surface area contributed by atoms with E-state index in [0.717, 1.165) is 0 Å². The third-order valence-corrected chi connectivity index (χ3v) is 2.99. The van der Waals surface area contributed by atoms with Gasteiger partial charge in [0, 0.05) is 13.0 Å². The molecule has 0 aromatic heterocycles. The lowest BCUT2D eigenvalue weighted by Gasteiger charge is -2.43. The molecule has 1 N–H and O–H groups in total. The van der Waals surface area contributed by atoms with Gasteiger partial charge >= 0.3 is 41.7 Å². The molecule has 0 unspecified atom stereocenters. The Balaban J connectivity index is 6.55. The topological polar surface area (TPSA) is 20.2 Å². The lowest BCUT2D eigenvalue weighted by molar-refractivity contribution is -0.457. The third kappa shape index (κ3) is 3.28. The van der Waals surface area contributed by atoms with E-state index in [-0.39, 0.29) is 6.42 Å². The second-order valence-electron chi connectivity index (χ2n) is 4.76. The van der Waals surface area contributed by atoms with Crippen LogP contribution in [-0.4, -0.2) is 53.4 Å². The van der Waals surface area contributed by atoms with Gasteiger partial charge in [0.1, 0.15) is 0 Å². The van der Waals surface area contributed by atoms with Gasteiger partial charge in [0.25, 0.3) is 0 Å². The van der Waals surface area contributed by atoms with Crippen LogP contribution in [0, 0.1) is 6.42 Å². The molecule has 0 amide bonds. The number of aliphatic hydroxyl groups is 1. The molecule has 0 saturated heterocycles. The maximum Gasteiger partial charge on any atom is 0.438 e. The summed E-state index contributed by atoms with van der Waals surface area (Å²) in [6.45, 7) is -1.52. The largest absolute Gasteiger partial charge is 0.438 e. The van der Waals surface area contributed by atoms with Crippen molar-refractivity contribution in [2.75, 3.05) is 6.61 Å². The fraction of sp³-hybridized carbons (Fsp3) is 0.900. The van der Waals surface area contributed by atoms with E-state index in [9.17, 15) is 65.9 Å². The van der Waals surface area contributed by atoms with Gasteiger partial charge in [-0.15, -0.1) is 0 Å². The van der Waals surface area contributed by atoms with E-state index in [1.54, 1.807) is 0 Å². The molecule has 0 atom stereocenters. The predicted octanol–water partition coefficient (Wildman–Crippen LogP) is 4.95. The lowest BCUT2D eigenvalue weighted by Crippen LogP contribution is -2.75. The second kappa shape index (κ2) is 6.51. The molecule has 0 bridgehead atoms. The van der Waals surface area contributed by atoms with Crippen LogP contribution in [0.3, 0.4) is 0 Å². The molecule has 0 fully saturated rings. The maximum atomic E-state index is 13.2. The summed E-state index contributed by atoms with van der Waals surface area (Å²) >= 11 is 0. The highest BCUT2D eigenvalue weighted by Crippen LogP contribution is 2.64. The molecule has 0 aromatic rings. The molecule has 0 heterocycles. The van der Waals surface area contributed by atoms with Crippen LogP contribution in [0.15, 0.2) is 0 Å². The zero-order valence-corrected chi connectivity index (χ0v) is 11.6. The summed E-state index contributed by atoms with van der Waals surface area (Å²) in [5.41, 5.74) is -8.28. The van der Waals surface area contributed by atoms with Crippen molar-refractivity contribution in [3.8, 4) is 0 Å². The molecule has 26 heavy (non-hydrogen) atoms. The highest BCUT2D eigenvalue weighted by atomic mass is 19.4. The Morgan fingerprint density at radius 3 is 1.15 bits per heavy atom. The van der Waals surface area contributed by atoms with Crippen molar-refractivity contribution < 1.29 is 71.0 Å². The van der Waals surface area contributed by atoms with E-state index in [2.05, 4.69) is 0 Å². The first-order valence-electron chi connectivity index (χ1n) is 5.82. The fourth-order valence-electron chi connectivity index (χ4n) is 1.53. The number of halogens is 15. The molecule has 1 radical (unpaired) electrons. The molecule has 16 heteroatoms. The van der Waals surface area contributed by atoms with Gasteiger partial charge in [-0.1, -0.05) is 0 Å². The van der Waals surface area contributed by atoms with Gasteiger partial charge in [0.2, 0.25) is 0 Å². The van der Waals surface area contributed by atoms with Crippen LogP contribution in [-0.2, 0) is 0 Å². The summed E-state index contributed by atoms with van der Waals surface area (Å²) in [7, 11) is 0. The Kier molecular flexibility index (Phi) is 6.24. The summed E-state index contributed by atoms with van der Waals surface area (Å²) < 4.78 is 191. The molecule has 0 rings (SSSR count). The number of aliphatic hydroxyl groups excluding tert-OH is 1. The van der Waals surface area contributed by atoms with Crippen LogP contribution in [0.4, 0.5) is 65.9 Å². The van der Waals surface area contributed by atoms with Gasteiger partial charge in [-0.25, -0.2) is 4.39 Å². The minimum atomic E-state index is -8.40. The van der Waals surface area contributed by atoms with E-state index in [1.807, 2.05) is 0 Å². The van der Waals surface area contributed by atoms with E-state index >= 15 is 0 Å². The first-order valence-corrected chi connectivity index (χ1v) is 5.82. The second-order valence-corrected chi connectivity index (χ2v) is 4.76. The molecule has 1 nitrogen and oxygen atoms in total.